The Morgan fingerprint density at radius 2 is 1.69 bits per heavy atom. The van der Waals surface area contributed by atoms with Crippen molar-refractivity contribution in [1.29, 1.82) is 0 Å². The zero-order chi connectivity index (χ0) is 22.2. The zero-order valence-electron chi connectivity index (χ0n) is 17.3. The number of hydrogen-bond acceptors (Lipinski definition) is 5. The fourth-order valence-corrected chi connectivity index (χ4v) is 3.96. The highest BCUT2D eigenvalue weighted by Crippen LogP contribution is 2.24. The highest BCUT2D eigenvalue weighted by atomic mass is 32.2. The van der Waals surface area contributed by atoms with E-state index >= 15 is 0 Å². The van der Waals surface area contributed by atoms with Crippen LogP contribution in [-0.2, 0) is 17.8 Å². The molecule has 0 aliphatic carbocycles. The molecule has 0 bridgehead atoms. The Labute approximate surface area is 189 Å². The Bertz CT molecular complexity index is 1150. The number of aromatic nitrogens is 4. The van der Waals surface area contributed by atoms with E-state index in [-0.39, 0.29) is 17.5 Å². The predicted octanol–water partition coefficient (Wildman–Crippen LogP) is 3.98. The highest BCUT2D eigenvalue weighted by molar-refractivity contribution is 7.99. The van der Waals surface area contributed by atoms with Gasteiger partial charge < -0.3 is 5.32 Å². The monoisotopic (exact) mass is 447 g/mol. The first-order valence-electron chi connectivity index (χ1n) is 10.2. The number of rotatable bonds is 9. The first kappa shape index (κ1) is 21.7. The van der Waals surface area contributed by atoms with Crippen LogP contribution < -0.4 is 5.32 Å². The quantitative estimate of drug-likeness (QED) is 0.393. The summed E-state index contributed by atoms with van der Waals surface area (Å²) < 4.78 is 15.0. The smallest absolute Gasteiger partial charge is 0.230 e. The van der Waals surface area contributed by atoms with Crippen molar-refractivity contribution < 1.29 is 9.18 Å². The molecule has 0 spiro atoms. The lowest BCUT2D eigenvalue weighted by atomic mass is 10.1. The van der Waals surface area contributed by atoms with Crippen molar-refractivity contribution in [1.82, 2.24) is 25.1 Å². The summed E-state index contributed by atoms with van der Waals surface area (Å²) in [5, 5.41) is 12.3. The summed E-state index contributed by atoms with van der Waals surface area (Å²) in [6, 6.07) is 20.1. The number of benzene rings is 2. The van der Waals surface area contributed by atoms with Gasteiger partial charge in [0.1, 0.15) is 5.82 Å². The van der Waals surface area contributed by atoms with Crippen LogP contribution in [0.1, 0.15) is 11.1 Å². The standard InChI is InChI=1S/C24H22FN5OS/c25-21-8-6-18(7-9-21)10-15-27-22(31)17-32-24-29-28-23(20-11-13-26-14-12-20)30(24)16-19-4-2-1-3-5-19/h1-9,11-14H,10,15-17H2,(H,27,31). The summed E-state index contributed by atoms with van der Waals surface area (Å²) in [6.45, 7) is 1.09. The number of nitrogens with one attached hydrogen (secondary N) is 1. The second-order valence-electron chi connectivity index (χ2n) is 7.13. The molecule has 4 rings (SSSR count). The molecular formula is C24H22FN5OS. The fourth-order valence-electron chi connectivity index (χ4n) is 3.20. The highest BCUT2D eigenvalue weighted by Gasteiger charge is 2.16. The molecular weight excluding hydrogens is 425 g/mol. The normalized spacial score (nSPS) is 10.8. The maximum Gasteiger partial charge on any atom is 0.230 e. The summed E-state index contributed by atoms with van der Waals surface area (Å²) in [6.07, 6.45) is 4.09. The van der Waals surface area contributed by atoms with Gasteiger partial charge in [-0.25, -0.2) is 4.39 Å². The van der Waals surface area contributed by atoms with Crippen molar-refractivity contribution in [2.75, 3.05) is 12.3 Å². The molecule has 0 atom stereocenters. The summed E-state index contributed by atoms with van der Waals surface area (Å²) >= 11 is 1.35. The van der Waals surface area contributed by atoms with Crippen molar-refractivity contribution in [3.8, 4) is 11.4 Å². The van der Waals surface area contributed by atoms with Gasteiger partial charge in [-0.05, 0) is 41.8 Å². The summed E-state index contributed by atoms with van der Waals surface area (Å²) in [4.78, 5) is 16.4. The molecule has 0 saturated heterocycles. The van der Waals surface area contributed by atoms with E-state index in [9.17, 15) is 9.18 Å². The molecule has 6 nitrogen and oxygen atoms in total. The van der Waals surface area contributed by atoms with Crippen molar-refractivity contribution in [2.45, 2.75) is 18.1 Å². The van der Waals surface area contributed by atoms with E-state index in [1.807, 2.05) is 47.0 Å². The number of amides is 1. The van der Waals surface area contributed by atoms with Crippen LogP contribution >= 0.6 is 11.8 Å². The molecule has 0 unspecified atom stereocenters. The second kappa shape index (κ2) is 10.7. The van der Waals surface area contributed by atoms with Crippen molar-refractivity contribution in [2.24, 2.45) is 0 Å². The van der Waals surface area contributed by atoms with E-state index in [4.69, 9.17) is 0 Å². The third-order valence-corrected chi connectivity index (χ3v) is 5.79. The Kier molecular flexibility index (Phi) is 7.24. The third kappa shape index (κ3) is 5.79. The van der Waals surface area contributed by atoms with Crippen LogP contribution in [0.15, 0.2) is 84.3 Å². The van der Waals surface area contributed by atoms with Gasteiger partial charge in [0.25, 0.3) is 0 Å². The molecule has 0 aliphatic heterocycles. The van der Waals surface area contributed by atoms with E-state index in [0.29, 0.717) is 24.7 Å². The molecule has 1 amide bonds. The van der Waals surface area contributed by atoms with Crippen molar-refractivity contribution in [3.05, 3.63) is 96.1 Å². The van der Waals surface area contributed by atoms with Crippen LogP contribution in [0.2, 0.25) is 0 Å². The SMILES string of the molecule is O=C(CSc1nnc(-c2ccncc2)n1Cc1ccccc1)NCCc1ccc(F)cc1. The van der Waals surface area contributed by atoms with E-state index in [1.54, 1.807) is 24.5 Å². The number of hydrogen-bond donors (Lipinski definition) is 1. The Hall–Kier alpha value is -3.52. The average Bonchev–Trinajstić information content (AvgIpc) is 3.22. The number of carbonyl (C=O) groups is 1. The number of halogens is 1. The van der Waals surface area contributed by atoms with Crippen molar-refractivity contribution >= 4 is 17.7 Å². The molecule has 8 heteroatoms. The molecule has 162 valence electrons. The lowest BCUT2D eigenvalue weighted by Gasteiger charge is -2.10. The molecule has 0 fully saturated rings. The van der Waals surface area contributed by atoms with Crippen molar-refractivity contribution in [3.63, 3.8) is 0 Å². The average molecular weight is 448 g/mol. The molecule has 2 aromatic heterocycles. The van der Waals surface area contributed by atoms with E-state index in [0.717, 1.165) is 22.5 Å². The van der Waals surface area contributed by atoms with Gasteiger partial charge in [-0.3, -0.25) is 14.3 Å². The van der Waals surface area contributed by atoms with Gasteiger partial charge in [0.2, 0.25) is 5.91 Å². The summed E-state index contributed by atoms with van der Waals surface area (Å²) in [5.74, 6) is 0.611. The minimum Gasteiger partial charge on any atom is -0.355 e. The van der Waals surface area contributed by atoms with Gasteiger partial charge in [-0.2, -0.15) is 0 Å². The van der Waals surface area contributed by atoms with Gasteiger partial charge >= 0.3 is 0 Å². The molecule has 4 aromatic rings. The fraction of sp³-hybridized carbons (Fsp3) is 0.167. The lowest BCUT2D eigenvalue weighted by Crippen LogP contribution is -2.27. The molecule has 0 aliphatic rings. The van der Waals surface area contributed by atoms with Crippen LogP contribution in [0, 0.1) is 5.82 Å². The number of nitrogens with zero attached hydrogens (tertiary/aromatic N) is 4. The topological polar surface area (TPSA) is 72.7 Å². The minimum atomic E-state index is -0.264. The van der Waals surface area contributed by atoms with E-state index < -0.39 is 0 Å². The molecule has 1 N–H and O–H groups in total. The third-order valence-electron chi connectivity index (χ3n) is 4.82. The van der Waals surface area contributed by atoms with Gasteiger partial charge in [0, 0.05) is 24.5 Å². The number of thioether (sulfide) groups is 1. The molecule has 2 aromatic carbocycles. The van der Waals surface area contributed by atoms with Gasteiger partial charge in [0.05, 0.1) is 12.3 Å². The largest absolute Gasteiger partial charge is 0.355 e. The first-order valence-corrected chi connectivity index (χ1v) is 11.2. The number of pyridine rings is 1. The first-order chi connectivity index (χ1) is 15.7. The summed E-state index contributed by atoms with van der Waals surface area (Å²) in [5.41, 5.74) is 3.01. The second-order valence-corrected chi connectivity index (χ2v) is 8.07. The van der Waals surface area contributed by atoms with E-state index in [1.165, 1.54) is 23.9 Å². The maximum atomic E-state index is 13.0. The van der Waals surface area contributed by atoms with Crippen LogP contribution in [-0.4, -0.2) is 38.0 Å². The van der Waals surface area contributed by atoms with Crippen LogP contribution in [0.25, 0.3) is 11.4 Å². The zero-order valence-corrected chi connectivity index (χ0v) is 18.1. The van der Waals surface area contributed by atoms with Gasteiger partial charge in [-0.15, -0.1) is 10.2 Å². The van der Waals surface area contributed by atoms with Crippen LogP contribution in [0.5, 0.6) is 0 Å². The number of carbonyl (C=O) groups excluding carboxylic acids is 1. The molecule has 0 saturated carbocycles. The lowest BCUT2D eigenvalue weighted by molar-refractivity contribution is -0.118. The Morgan fingerprint density at radius 3 is 2.44 bits per heavy atom. The van der Waals surface area contributed by atoms with Gasteiger partial charge in [0.15, 0.2) is 11.0 Å². The Balaban J connectivity index is 1.40. The summed E-state index contributed by atoms with van der Waals surface area (Å²) in [7, 11) is 0. The maximum absolute atomic E-state index is 13.0. The minimum absolute atomic E-state index is 0.0863. The Morgan fingerprint density at radius 1 is 0.938 bits per heavy atom. The van der Waals surface area contributed by atoms with Crippen LogP contribution in [0.4, 0.5) is 4.39 Å². The van der Waals surface area contributed by atoms with Crippen LogP contribution in [0.3, 0.4) is 0 Å². The predicted molar refractivity (Wildman–Crippen MR) is 123 cm³/mol. The molecule has 2 heterocycles. The van der Waals surface area contributed by atoms with E-state index in [2.05, 4.69) is 20.5 Å². The van der Waals surface area contributed by atoms with Gasteiger partial charge in [-0.1, -0.05) is 54.2 Å². The molecule has 0 radical (unpaired) electrons. The molecule has 32 heavy (non-hydrogen) atoms.